The topological polar surface area (TPSA) is 46.5 Å². The highest BCUT2D eigenvalue weighted by Crippen LogP contribution is 2.29. The fourth-order valence-corrected chi connectivity index (χ4v) is 1.52. The van der Waals surface area contributed by atoms with E-state index in [9.17, 15) is 9.90 Å². The van der Waals surface area contributed by atoms with E-state index in [2.05, 4.69) is 0 Å². The molecule has 1 aromatic carbocycles. The van der Waals surface area contributed by atoms with Gasteiger partial charge in [0.25, 0.3) is 0 Å². The van der Waals surface area contributed by atoms with E-state index < -0.39 is 11.5 Å². The third kappa shape index (κ3) is 2.61. The third-order valence-electron chi connectivity index (χ3n) is 2.84. The van der Waals surface area contributed by atoms with Gasteiger partial charge in [0.2, 0.25) is 0 Å². The van der Waals surface area contributed by atoms with Crippen molar-refractivity contribution < 1.29 is 14.6 Å². The van der Waals surface area contributed by atoms with Crippen LogP contribution in [0.15, 0.2) is 30.3 Å². The Balaban J connectivity index is 2.89. The molecule has 0 saturated heterocycles. The van der Waals surface area contributed by atoms with Gasteiger partial charge in [-0.1, -0.05) is 30.3 Å². The highest BCUT2D eigenvalue weighted by molar-refractivity contribution is 5.73. The maximum absolute atomic E-state index is 11.6. The molecule has 1 aromatic rings. The number of aliphatic hydroxyl groups is 1. The summed E-state index contributed by atoms with van der Waals surface area (Å²) in [6.07, 6.45) is 0. The van der Waals surface area contributed by atoms with Gasteiger partial charge in [0.1, 0.15) is 0 Å². The van der Waals surface area contributed by atoms with Crippen LogP contribution in [-0.4, -0.2) is 17.7 Å². The van der Waals surface area contributed by atoms with E-state index in [4.69, 9.17) is 4.74 Å². The van der Waals surface area contributed by atoms with Gasteiger partial charge in [0, 0.05) is 0 Å². The van der Waals surface area contributed by atoms with E-state index in [1.807, 2.05) is 18.2 Å². The van der Waals surface area contributed by atoms with Crippen LogP contribution in [0.25, 0.3) is 0 Å². The largest absolute Gasteiger partial charge is 0.466 e. The monoisotopic (exact) mass is 222 g/mol. The van der Waals surface area contributed by atoms with Crippen molar-refractivity contribution in [2.24, 2.45) is 5.92 Å². The molecule has 1 rings (SSSR count). The van der Waals surface area contributed by atoms with Crippen molar-refractivity contribution in [2.75, 3.05) is 6.61 Å². The second-order valence-electron chi connectivity index (χ2n) is 3.99. The molecule has 1 N–H and O–H groups in total. The first-order valence-electron chi connectivity index (χ1n) is 5.44. The van der Waals surface area contributed by atoms with Gasteiger partial charge in [-0.15, -0.1) is 0 Å². The van der Waals surface area contributed by atoms with Crippen molar-refractivity contribution in [3.8, 4) is 0 Å². The summed E-state index contributed by atoms with van der Waals surface area (Å²) in [7, 11) is 0. The predicted octanol–water partition coefficient (Wildman–Crippen LogP) is 2.09. The first kappa shape index (κ1) is 12.7. The van der Waals surface area contributed by atoms with Gasteiger partial charge in [0.15, 0.2) is 0 Å². The number of carbonyl (C=O) groups is 1. The molecule has 0 aromatic heterocycles. The summed E-state index contributed by atoms with van der Waals surface area (Å²) in [5.74, 6) is -0.966. The standard InChI is InChI=1S/C13H18O3/c1-4-16-12(14)10(2)13(3,15)11-8-6-5-7-9-11/h5-10,15H,4H2,1-3H3/t10-,13-/m1/s1. The molecule has 0 heterocycles. The minimum absolute atomic E-state index is 0.327. The van der Waals surface area contributed by atoms with Crippen LogP contribution in [0, 0.1) is 5.92 Å². The number of carbonyl (C=O) groups excluding carboxylic acids is 1. The lowest BCUT2D eigenvalue weighted by atomic mass is 9.84. The fourth-order valence-electron chi connectivity index (χ4n) is 1.52. The molecule has 0 aliphatic carbocycles. The minimum Gasteiger partial charge on any atom is -0.466 e. The maximum atomic E-state index is 11.6. The summed E-state index contributed by atoms with van der Waals surface area (Å²) < 4.78 is 4.91. The Bertz CT molecular complexity index is 343. The van der Waals surface area contributed by atoms with Gasteiger partial charge >= 0.3 is 5.97 Å². The Hall–Kier alpha value is -1.35. The number of hydrogen-bond donors (Lipinski definition) is 1. The molecule has 0 unspecified atom stereocenters. The van der Waals surface area contributed by atoms with Crippen LogP contribution in [0.3, 0.4) is 0 Å². The lowest BCUT2D eigenvalue weighted by Crippen LogP contribution is -2.36. The van der Waals surface area contributed by atoms with Gasteiger partial charge in [-0.05, 0) is 26.3 Å². The smallest absolute Gasteiger partial charge is 0.311 e. The molecule has 0 saturated carbocycles. The van der Waals surface area contributed by atoms with Crippen LogP contribution < -0.4 is 0 Å². The highest BCUT2D eigenvalue weighted by atomic mass is 16.5. The van der Waals surface area contributed by atoms with Crippen LogP contribution in [0.5, 0.6) is 0 Å². The van der Waals surface area contributed by atoms with E-state index in [-0.39, 0.29) is 5.97 Å². The summed E-state index contributed by atoms with van der Waals surface area (Å²) in [5.41, 5.74) is -0.483. The molecule has 3 nitrogen and oxygen atoms in total. The number of ether oxygens (including phenoxy) is 1. The molecule has 16 heavy (non-hydrogen) atoms. The number of rotatable bonds is 4. The number of hydrogen-bond acceptors (Lipinski definition) is 3. The Morgan fingerprint density at radius 2 is 2.00 bits per heavy atom. The SMILES string of the molecule is CCOC(=O)[C@@H](C)[C@@](C)(O)c1ccccc1. The van der Waals surface area contributed by atoms with Crippen LogP contribution in [-0.2, 0) is 15.1 Å². The molecule has 2 atom stereocenters. The highest BCUT2D eigenvalue weighted by Gasteiger charge is 2.36. The van der Waals surface area contributed by atoms with Gasteiger partial charge in [-0.25, -0.2) is 0 Å². The Morgan fingerprint density at radius 3 is 2.50 bits per heavy atom. The van der Waals surface area contributed by atoms with E-state index in [1.165, 1.54) is 0 Å². The molecule has 88 valence electrons. The zero-order chi connectivity index (χ0) is 12.2. The Morgan fingerprint density at radius 1 is 1.44 bits per heavy atom. The molecule has 0 amide bonds. The first-order valence-corrected chi connectivity index (χ1v) is 5.44. The van der Waals surface area contributed by atoms with Crippen LogP contribution in [0.4, 0.5) is 0 Å². The van der Waals surface area contributed by atoms with E-state index in [1.54, 1.807) is 32.9 Å². The minimum atomic E-state index is -1.20. The fraction of sp³-hybridized carbons (Fsp3) is 0.462. The zero-order valence-corrected chi connectivity index (χ0v) is 9.93. The summed E-state index contributed by atoms with van der Waals surface area (Å²) in [6, 6.07) is 9.14. The third-order valence-corrected chi connectivity index (χ3v) is 2.84. The molecule has 3 heteroatoms. The molecular formula is C13H18O3. The van der Waals surface area contributed by atoms with Crippen LogP contribution in [0.2, 0.25) is 0 Å². The second-order valence-corrected chi connectivity index (χ2v) is 3.99. The van der Waals surface area contributed by atoms with Crippen molar-refractivity contribution in [1.29, 1.82) is 0 Å². The summed E-state index contributed by atoms with van der Waals surface area (Å²) in [6.45, 7) is 5.38. The normalized spacial score (nSPS) is 16.2. The number of esters is 1. The van der Waals surface area contributed by atoms with E-state index in [0.717, 1.165) is 5.56 Å². The van der Waals surface area contributed by atoms with Crippen molar-refractivity contribution >= 4 is 5.97 Å². The Kier molecular flexibility index (Phi) is 4.07. The van der Waals surface area contributed by atoms with Gasteiger partial charge in [-0.3, -0.25) is 4.79 Å². The summed E-state index contributed by atoms with van der Waals surface area (Å²) in [4.78, 5) is 11.6. The molecule has 0 spiro atoms. The average molecular weight is 222 g/mol. The van der Waals surface area contributed by atoms with Crippen molar-refractivity contribution in [3.63, 3.8) is 0 Å². The van der Waals surface area contributed by atoms with Crippen LogP contribution in [0.1, 0.15) is 26.3 Å². The van der Waals surface area contributed by atoms with Gasteiger partial charge in [-0.2, -0.15) is 0 Å². The van der Waals surface area contributed by atoms with Crippen molar-refractivity contribution in [1.82, 2.24) is 0 Å². The van der Waals surface area contributed by atoms with E-state index in [0.29, 0.717) is 6.61 Å². The van der Waals surface area contributed by atoms with Gasteiger partial charge < -0.3 is 9.84 Å². The summed E-state index contributed by atoms with van der Waals surface area (Å²) >= 11 is 0. The molecular weight excluding hydrogens is 204 g/mol. The van der Waals surface area contributed by atoms with Crippen molar-refractivity contribution in [3.05, 3.63) is 35.9 Å². The summed E-state index contributed by atoms with van der Waals surface area (Å²) in [5, 5.41) is 10.4. The number of benzene rings is 1. The molecule has 0 fully saturated rings. The molecule has 0 bridgehead atoms. The quantitative estimate of drug-likeness (QED) is 0.793. The van der Waals surface area contributed by atoms with Crippen LogP contribution >= 0.6 is 0 Å². The molecule has 0 radical (unpaired) electrons. The molecule has 0 aliphatic rings. The second kappa shape index (κ2) is 5.12. The molecule has 0 aliphatic heterocycles. The van der Waals surface area contributed by atoms with E-state index >= 15 is 0 Å². The van der Waals surface area contributed by atoms with Crippen molar-refractivity contribution in [2.45, 2.75) is 26.4 Å². The first-order chi connectivity index (χ1) is 7.50. The maximum Gasteiger partial charge on any atom is 0.311 e. The van der Waals surface area contributed by atoms with Gasteiger partial charge in [0.05, 0.1) is 18.1 Å². The Labute approximate surface area is 96.1 Å². The zero-order valence-electron chi connectivity index (χ0n) is 9.93. The lowest BCUT2D eigenvalue weighted by molar-refractivity contribution is -0.156. The lowest BCUT2D eigenvalue weighted by Gasteiger charge is -2.29. The predicted molar refractivity (Wildman–Crippen MR) is 61.8 cm³/mol. The average Bonchev–Trinajstić information content (AvgIpc) is 2.29.